The minimum Gasteiger partial charge on any atom is -0.0894 e. The van der Waals surface area contributed by atoms with Crippen LogP contribution in [0.3, 0.4) is 0 Å². The first-order chi connectivity index (χ1) is 6.58. The SMILES string of the molecule is Cc1cccc(CC(C)CC(C)Br)c1. The summed E-state index contributed by atoms with van der Waals surface area (Å²) >= 11 is 3.60. The first kappa shape index (κ1) is 11.8. The Balaban J connectivity index is 2.51. The summed E-state index contributed by atoms with van der Waals surface area (Å²) in [6.07, 6.45) is 2.44. The van der Waals surface area contributed by atoms with Crippen molar-refractivity contribution >= 4 is 15.9 Å². The second-order valence-electron chi connectivity index (χ2n) is 4.31. The lowest BCUT2D eigenvalue weighted by Gasteiger charge is -2.13. The molecular formula is C13H19Br. The molecule has 0 bridgehead atoms. The van der Waals surface area contributed by atoms with Crippen LogP contribution in [-0.2, 0) is 6.42 Å². The molecule has 0 aliphatic rings. The van der Waals surface area contributed by atoms with Crippen LogP contribution in [0.2, 0.25) is 0 Å². The van der Waals surface area contributed by atoms with E-state index >= 15 is 0 Å². The van der Waals surface area contributed by atoms with Gasteiger partial charge < -0.3 is 0 Å². The van der Waals surface area contributed by atoms with Crippen molar-refractivity contribution in [2.24, 2.45) is 5.92 Å². The maximum absolute atomic E-state index is 3.60. The lowest BCUT2D eigenvalue weighted by Crippen LogP contribution is -2.05. The highest BCUT2D eigenvalue weighted by molar-refractivity contribution is 9.09. The van der Waals surface area contributed by atoms with Crippen LogP contribution in [0.25, 0.3) is 0 Å². The second kappa shape index (κ2) is 5.55. The minimum absolute atomic E-state index is 0.627. The number of hydrogen-bond acceptors (Lipinski definition) is 0. The topological polar surface area (TPSA) is 0 Å². The van der Waals surface area contributed by atoms with Crippen molar-refractivity contribution in [1.82, 2.24) is 0 Å². The molecule has 14 heavy (non-hydrogen) atoms. The number of benzene rings is 1. The molecule has 0 saturated heterocycles. The normalized spacial score (nSPS) is 15.1. The van der Waals surface area contributed by atoms with Gasteiger partial charge >= 0.3 is 0 Å². The van der Waals surface area contributed by atoms with E-state index in [1.807, 2.05) is 0 Å². The van der Waals surface area contributed by atoms with Gasteiger partial charge in [0.15, 0.2) is 0 Å². The molecule has 0 heterocycles. The van der Waals surface area contributed by atoms with E-state index in [2.05, 4.69) is 61.0 Å². The summed E-state index contributed by atoms with van der Waals surface area (Å²) in [5.41, 5.74) is 2.83. The number of rotatable bonds is 4. The second-order valence-corrected chi connectivity index (χ2v) is 5.88. The van der Waals surface area contributed by atoms with Gasteiger partial charge in [-0.1, -0.05) is 59.6 Å². The van der Waals surface area contributed by atoms with Crippen LogP contribution >= 0.6 is 15.9 Å². The highest BCUT2D eigenvalue weighted by atomic mass is 79.9. The van der Waals surface area contributed by atoms with E-state index < -0.39 is 0 Å². The predicted octanol–water partition coefficient (Wildman–Crippen LogP) is 4.35. The van der Waals surface area contributed by atoms with Gasteiger partial charge in [-0.3, -0.25) is 0 Å². The molecule has 0 aliphatic carbocycles. The third-order valence-corrected chi connectivity index (χ3v) is 2.77. The monoisotopic (exact) mass is 254 g/mol. The zero-order valence-corrected chi connectivity index (χ0v) is 10.8. The van der Waals surface area contributed by atoms with E-state index in [1.54, 1.807) is 0 Å². The van der Waals surface area contributed by atoms with Gasteiger partial charge in [0.2, 0.25) is 0 Å². The Bertz CT molecular complexity index is 278. The zero-order valence-electron chi connectivity index (χ0n) is 9.26. The zero-order chi connectivity index (χ0) is 10.6. The van der Waals surface area contributed by atoms with E-state index in [4.69, 9.17) is 0 Å². The lowest BCUT2D eigenvalue weighted by atomic mass is 9.96. The Labute approximate surface area is 95.9 Å². The fourth-order valence-electron chi connectivity index (χ4n) is 1.88. The number of hydrogen-bond donors (Lipinski definition) is 0. The van der Waals surface area contributed by atoms with Gasteiger partial charge in [-0.05, 0) is 31.2 Å². The quantitative estimate of drug-likeness (QED) is 0.702. The predicted molar refractivity (Wildman–Crippen MR) is 67.1 cm³/mol. The van der Waals surface area contributed by atoms with Gasteiger partial charge in [0.25, 0.3) is 0 Å². The minimum atomic E-state index is 0.627. The molecule has 0 aromatic heterocycles. The van der Waals surface area contributed by atoms with Gasteiger partial charge in [-0.25, -0.2) is 0 Å². The molecule has 0 spiro atoms. The summed E-state index contributed by atoms with van der Waals surface area (Å²) < 4.78 is 0. The molecule has 1 heteroatoms. The van der Waals surface area contributed by atoms with Gasteiger partial charge in [0, 0.05) is 4.83 Å². The molecule has 0 N–H and O–H groups in total. The summed E-state index contributed by atoms with van der Waals surface area (Å²) in [5, 5.41) is 0. The van der Waals surface area contributed by atoms with Gasteiger partial charge in [-0.15, -0.1) is 0 Å². The van der Waals surface area contributed by atoms with Crippen molar-refractivity contribution in [3.8, 4) is 0 Å². The molecule has 0 aliphatic heterocycles. The Morgan fingerprint density at radius 1 is 1.29 bits per heavy atom. The largest absolute Gasteiger partial charge is 0.0894 e. The molecule has 0 saturated carbocycles. The van der Waals surface area contributed by atoms with E-state index in [9.17, 15) is 0 Å². The third-order valence-electron chi connectivity index (χ3n) is 2.39. The number of alkyl halides is 1. The summed E-state index contributed by atoms with van der Waals surface area (Å²) in [4.78, 5) is 0.627. The van der Waals surface area contributed by atoms with E-state index in [1.165, 1.54) is 24.0 Å². The van der Waals surface area contributed by atoms with Crippen molar-refractivity contribution in [2.75, 3.05) is 0 Å². The summed E-state index contributed by atoms with van der Waals surface area (Å²) in [6.45, 7) is 6.69. The first-order valence-corrected chi connectivity index (χ1v) is 6.19. The number of aryl methyl sites for hydroxylation is 1. The fourth-order valence-corrected chi connectivity index (χ4v) is 2.52. The molecule has 0 fully saturated rings. The smallest absolute Gasteiger partial charge is 0.0120 e. The van der Waals surface area contributed by atoms with E-state index in [0.29, 0.717) is 4.83 Å². The van der Waals surface area contributed by atoms with Crippen LogP contribution in [0, 0.1) is 12.8 Å². The van der Waals surface area contributed by atoms with Crippen molar-refractivity contribution < 1.29 is 0 Å². The Morgan fingerprint density at radius 2 is 2.00 bits per heavy atom. The highest BCUT2D eigenvalue weighted by Crippen LogP contribution is 2.17. The van der Waals surface area contributed by atoms with Crippen LogP contribution in [-0.4, -0.2) is 4.83 Å². The lowest BCUT2D eigenvalue weighted by molar-refractivity contribution is 0.532. The van der Waals surface area contributed by atoms with Crippen LogP contribution < -0.4 is 0 Å². The van der Waals surface area contributed by atoms with Crippen molar-refractivity contribution in [3.05, 3.63) is 35.4 Å². The molecule has 0 radical (unpaired) electrons. The standard InChI is InChI=1S/C13H19Br/c1-10-5-4-6-13(8-10)9-11(2)7-12(3)14/h4-6,8,11-12H,7,9H2,1-3H3. The van der Waals surface area contributed by atoms with Gasteiger partial charge in [0.1, 0.15) is 0 Å². The number of halogens is 1. The Hall–Kier alpha value is -0.300. The van der Waals surface area contributed by atoms with E-state index in [-0.39, 0.29) is 0 Å². The first-order valence-electron chi connectivity index (χ1n) is 5.27. The molecular weight excluding hydrogens is 236 g/mol. The van der Waals surface area contributed by atoms with E-state index in [0.717, 1.165) is 5.92 Å². The summed E-state index contributed by atoms with van der Waals surface area (Å²) in [7, 11) is 0. The van der Waals surface area contributed by atoms with Crippen LogP contribution in [0.5, 0.6) is 0 Å². The van der Waals surface area contributed by atoms with Crippen LogP contribution in [0.4, 0.5) is 0 Å². The molecule has 1 aromatic carbocycles. The van der Waals surface area contributed by atoms with Gasteiger partial charge in [-0.2, -0.15) is 0 Å². The average Bonchev–Trinajstić information content (AvgIpc) is 2.01. The average molecular weight is 255 g/mol. The molecule has 0 amide bonds. The molecule has 2 unspecified atom stereocenters. The maximum Gasteiger partial charge on any atom is 0.0120 e. The molecule has 78 valence electrons. The van der Waals surface area contributed by atoms with Gasteiger partial charge in [0.05, 0.1) is 0 Å². The molecule has 1 rings (SSSR count). The molecule has 0 nitrogen and oxygen atoms in total. The third kappa shape index (κ3) is 4.28. The van der Waals surface area contributed by atoms with Crippen molar-refractivity contribution in [2.45, 2.75) is 38.4 Å². The van der Waals surface area contributed by atoms with Crippen LogP contribution in [0.1, 0.15) is 31.4 Å². The van der Waals surface area contributed by atoms with Crippen molar-refractivity contribution in [3.63, 3.8) is 0 Å². The highest BCUT2D eigenvalue weighted by Gasteiger charge is 2.06. The fraction of sp³-hybridized carbons (Fsp3) is 0.538. The Morgan fingerprint density at radius 3 is 2.57 bits per heavy atom. The Kier molecular flexibility index (Phi) is 4.67. The molecule has 1 aromatic rings. The summed E-state index contributed by atoms with van der Waals surface area (Å²) in [5.74, 6) is 0.756. The maximum atomic E-state index is 3.60. The molecule has 2 atom stereocenters. The summed E-state index contributed by atoms with van der Waals surface area (Å²) in [6, 6.07) is 8.81. The van der Waals surface area contributed by atoms with Crippen molar-refractivity contribution in [1.29, 1.82) is 0 Å². The van der Waals surface area contributed by atoms with Crippen LogP contribution in [0.15, 0.2) is 24.3 Å².